The molecule has 0 radical (unpaired) electrons. The molecule has 4 heteroatoms. The van der Waals surface area contributed by atoms with E-state index >= 15 is 0 Å². The molecule has 0 amide bonds. The smallest absolute Gasteiger partial charge is 0.231 e. The highest BCUT2D eigenvalue weighted by atomic mass is 15.3. The third kappa shape index (κ3) is 3.94. The van der Waals surface area contributed by atoms with Crippen molar-refractivity contribution in [1.29, 1.82) is 0 Å². The van der Waals surface area contributed by atoms with E-state index in [1.807, 2.05) is 0 Å². The van der Waals surface area contributed by atoms with Gasteiger partial charge >= 0.3 is 0 Å². The van der Waals surface area contributed by atoms with E-state index in [1.165, 1.54) is 27.4 Å². The molecule has 0 aliphatic carbocycles. The van der Waals surface area contributed by atoms with E-state index in [-0.39, 0.29) is 5.41 Å². The van der Waals surface area contributed by atoms with Crippen LogP contribution in [0.2, 0.25) is 0 Å². The van der Waals surface area contributed by atoms with Crippen molar-refractivity contribution >= 4 is 44.9 Å². The van der Waals surface area contributed by atoms with E-state index in [0.717, 1.165) is 39.4 Å². The molecule has 0 bridgehead atoms. The van der Waals surface area contributed by atoms with Crippen LogP contribution in [0.3, 0.4) is 0 Å². The summed E-state index contributed by atoms with van der Waals surface area (Å²) in [6.07, 6.45) is 0. The van der Waals surface area contributed by atoms with Gasteiger partial charge in [0.15, 0.2) is 0 Å². The summed E-state index contributed by atoms with van der Waals surface area (Å²) in [5.41, 5.74) is 10.4. The summed E-state index contributed by atoms with van der Waals surface area (Å²) in [4.78, 5) is 13.5. The van der Waals surface area contributed by atoms with E-state index in [4.69, 9.17) is 9.98 Å². The van der Waals surface area contributed by atoms with E-state index in [1.54, 1.807) is 0 Å². The van der Waals surface area contributed by atoms with Gasteiger partial charge in [0, 0.05) is 21.9 Å². The number of rotatable bonds is 3. The first-order valence-electron chi connectivity index (χ1n) is 16.3. The average molecular weight is 607 g/mol. The molecule has 6 aromatic carbocycles. The molecule has 0 saturated carbocycles. The van der Waals surface area contributed by atoms with Crippen molar-refractivity contribution in [1.82, 2.24) is 4.57 Å². The van der Waals surface area contributed by atoms with Crippen LogP contribution in [0.25, 0.3) is 27.5 Å². The normalized spacial score (nSPS) is 18.1. The maximum atomic E-state index is 5.61. The van der Waals surface area contributed by atoms with Crippen LogP contribution >= 0.6 is 0 Å². The highest BCUT2D eigenvalue weighted by molar-refractivity contribution is 6.25. The SMILES string of the molecule is CC1(c2ccccc2)N=C(N2c3ccccc3C(C)(C)c3ccc4c5ccccc5n(-c5ccccc5)c4c32)N=C1c1ccccc1. The maximum Gasteiger partial charge on any atom is 0.231 e. The molecule has 2 aliphatic rings. The van der Waals surface area contributed by atoms with Crippen LogP contribution in [0.5, 0.6) is 0 Å². The zero-order chi connectivity index (χ0) is 31.8. The molecule has 1 atom stereocenters. The van der Waals surface area contributed by atoms with Gasteiger partial charge in [-0.05, 0) is 53.4 Å². The van der Waals surface area contributed by atoms with Gasteiger partial charge in [0.2, 0.25) is 5.96 Å². The van der Waals surface area contributed by atoms with Crippen LogP contribution in [0.15, 0.2) is 162 Å². The third-order valence-electron chi connectivity index (χ3n) is 10.1. The summed E-state index contributed by atoms with van der Waals surface area (Å²) < 4.78 is 2.42. The zero-order valence-electron chi connectivity index (χ0n) is 26.7. The Hall–Kier alpha value is -5.74. The molecule has 226 valence electrons. The van der Waals surface area contributed by atoms with E-state index in [9.17, 15) is 0 Å². The summed E-state index contributed by atoms with van der Waals surface area (Å²) in [7, 11) is 0. The lowest BCUT2D eigenvalue weighted by atomic mass is 9.73. The minimum Gasteiger partial charge on any atom is -0.307 e. The van der Waals surface area contributed by atoms with Crippen LogP contribution in [-0.4, -0.2) is 16.2 Å². The minimum atomic E-state index is -0.681. The number of hydrogen-bond acceptors (Lipinski definition) is 3. The number of nitrogens with zero attached hydrogens (tertiary/aromatic N) is 4. The quantitative estimate of drug-likeness (QED) is 0.197. The first kappa shape index (κ1) is 27.6. The summed E-state index contributed by atoms with van der Waals surface area (Å²) in [6.45, 7) is 6.88. The van der Waals surface area contributed by atoms with Gasteiger partial charge in [0.1, 0.15) is 5.54 Å². The van der Waals surface area contributed by atoms with Crippen LogP contribution < -0.4 is 4.90 Å². The van der Waals surface area contributed by atoms with Crippen molar-refractivity contribution in [2.24, 2.45) is 9.98 Å². The molecule has 3 heterocycles. The molecule has 1 aromatic heterocycles. The monoisotopic (exact) mass is 606 g/mol. The van der Waals surface area contributed by atoms with E-state index in [0.29, 0.717) is 5.96 Å². The molecule has 0 spiro atoms. The average Bonchev–Trinajstić information content (AvgIpc) is 3.65. The predicted octanol–water partition coefficient (Wildman–Crippen LogP) is 10.3. The Morgan fingerprint density at radius 2 is 1.19 bits per heavy atom. The van der Waals surface area contributed by atoms with Gasteiger partial charge in [-0.3, -0.25) is 4.90 Å². The fraction of sp³-hybridized carbons (Fsp3) is 0.116. The third-order valence-corrected chi connectivity index (χ3v) is 10.1. The Morgan fingerprint density at radius 3 is 1.96 bits per heavy atom. The van der Waals surface area contributed by atoms with Gasteiger partial charge < -0.3 is 4.57 Å². The fourth-order valence-corrected chi connectivity index (χ4v) is 7.78. The standard InChI is InChI=1S/C43H34N4/c1-42(2)34-24-14-16-26-37(34)47(41-44-40(29-17-7-4-8-18-29)43(3,45-41)30-19-9-5-10-20-30)39-35(42)28-27-33-32-23-13-15-25-36(32)46(38(33)39)31-21-11-6-12-22-31/h4-28H,1-3H3. The molecule has 9 rings (SSSR count). The van der Waals surface area contributed by atoms with Crippen molar-refractivity contribution < 1.29 is 0 Å². The molecule has 0 fully saturated rings. The molecule has 7 aromatic rings. The number of aliphatic imine (C=N–C) groups is 2. The second kappa shape index (κ2) is 10.1. The van der Waals surface area contributed by atoms with Crippen molar-refractivity contribution in [2.75, 3.05) is 4.90 Å². The molecule has 0 N–H and O–H groups in total. The zero-order valence-corrected chi connectivity index (χ0v) is 26.7. The lowest BCUT2D eigenvalue weighted by molar-refractivity contribution is 0.633. The molecular weight excluding hydrogens is 573 g/mol. The number of anilines is 2. The van der Waals surface area contributed by atoms with E-state index in [2.05, 4.69) is 182 Å². The van der Waals surface area contributed by atoms with Gasteiger partial charge in [-0.15, -0.1) is 0 Å². The molecule has 47 heavy (non-hydrogen) atoms. The number of aromatic nitrogens is 1. The summed E-state index contributed by atoms with van der Waals surface area (Å²) in [5, 5.41) is 2.43. The molecule has 1 unspecified atom stereocenters. The van der Waals surface area contributed by atoms with Crippen molar-refractivity contribution in [2.45, 2.75) is 31.7 Å². The molecular formula is C43H34N4. The van der Waals surface area contributed by atoms with Crippen LogP contribution in [0.4, 0.5) is 11.4 Å². The Kier molecular flexibility index (Phi) is 5.94. The van der Waals surface area contributed by atoms with Crippen LogP contribution in [0, 0.1) is 0 Å². The number of benzene rings is 6. The predicted molar refractivity (Wildman–Crippen MR) is 196 cm³/mol. The Morgan fingerprint density at radius 1 is 0.553 bits per heavy atom. The van der Waals surface area contributed by atoms with Crippen molar-refractivity contribution in [3.63, 3.8) is 0 Å². The van der Waals surface area contributed by atoms with Gasteiger partial charge in [0.25, 0.3) is 0 Å². The van der Waals surface area contributed by atoms with Gasteiger partial charge in [-0.25, -0.2) is 9.98 Å². The lowest BCUT2D eigenvalue weighted by Crippen LogP contribution is -2.36. The minimum absolute atomic E-state index is 0.261. The topological polar surface area (TPSA) is 32.9 Å². The number of fused-ring (bicyclic) bond motifs is 6. The number of hydrogen-bond donors (Lipinski definition) is 0. The first-order valence-corrected chi connectivity index (χ1v) is 16.3. The lowest BCUT2D eigenvalue weighted by Gasteiger charge is -2.41. The Bertz CT molecular complexity index is 2380. The van der Waals surface area contributed by atoms with Gasteiger partial charge in [-0.2, -0.15) is 0 Å². The molecule has 2 aliphatic heterocycles. The maximum absolute atomic E-state index is 5.61. The highest BCUT2D eigenvalue weighted by Gasteiger charge is 2.45. The van der Waals surface area contributed by atoms with Crippen molar-refractivity contribution in [3.8, 4) is 5.69 Å². The Labute approximate surface area is 275 Å². The van der Waals surface area contributed by atoms with Gasteiger partial charge in [-0.1, -0.05) is 141 Å². The molecule has 0 saturated heterocycles. The second-order valence-corrected chi connectivity index (χ2v) is 13.2. The largest absolute Gasteiger partial charge is 0.307 e. The fourth-order valence-electron chi connectivity index (χ4n) is 7.78. The summed E-state index contributed by atoms with van der Waals surface area (Å²) >= 11 is 0. The van der Waals surface area contributed by atoms with Crippen LogP contribution in [0.1, 0.15) is 43.0 Å². The number of para-hydroxylation sites is 3. The van der Waals surface area contributed by atoms with Crippen molar-refractivity contribution in [3.05, 3.63) is 174 Å². The summed E-state index contributed by atoms with van der Waals surface area (Å²) in [5.74, 6) is 0.691. The molecule has 4 nitrogen and oxygen atoms in total. The van der Waals surface area contributed by atoms with Gasteiger partial charge in [0.05, 0.1) is 28.1 Å². The Balaban J connectivity index is 1.42. The first-order chi connectivity index (χ1) is 23.0. The second-order valence-electron chi connectivity index (χ2n) is 13.2. The highest BCUT2D eigenvalue weighted by Crippen LogP contribution is 2.54. The number of guanidine groups is 1. The van der Waals surface area contributed by atoms with E-state index < -0.39 is 5.54 Å². The van der Waals surface area contributed by atoms with Crippen LogP contribution in [-0.2, 0) is 11.0 Å². The summed E-state index contributed by atoms with van der Waals surface area (Å²) in [6, 6.07) is 53.9.